The Bertz CT molecular complexity index is 997. The highest BCUT2D eigenvalue weighted by molar-refractivity contribution is 5.93. The topological polar surface area (TPSA) is 58.4 Å². The molecule has 1 aliphatic rings. The highest BCUT2D eigenvalue weighted by atomic mass is 16.6. The second-order valence-electron chi connectivity index (χ2n) is 7.50. The molecule has 5 nitrogen and oxygen atoms in total. The molecule has 1 atom stereocenters. The predicted molar refractivity (Wildman–Crippen MR) is 115 cm³/mol. The number of hydrogen-bond acceptors (Lipinski definition) is 4. The molecule has 1 heterocycles. The van der Waals surface area contributed by atoms with E-state index in [0.717, 1.165) is 41.7 Å². The van der Waals surface area contributed by atoms with Crippen molar-refractivity contribution in [3.05, 3.63) is 76.3 Å². The molecular formula is C23H25N3O2. The molecule has 5 heteroatoms. The van der Waals surface area contributed by atoms with Gasteiger partial charge in [0.1, 0.15) is 5.69 Å². The number of benzene rings is 3. The number of nitro groups is 1. The van der Waals surface area contributed by atoms with E-state index in [4.69, 9.17) is 0 Å². The van der Waals surface area contributed by atoms with Crippen LogP contribution in [0.4, 0.5) is 17.1 Å². The molecule has 1 fully saturated rings. The van der Waals surface area contributed by atoms with Crippen LogP contribution in [0.2, 0.25) is 0 Å². The Balaban J connectivity index is 1.58. The van der Waals surface area contributed by atoms with Gasteiger partial charge < -0.3 is 10.2 Å². The van der Waals surface area contributed by atoms with Gasteiger partial charge in [0.15, 0.2) is 0 Å². The molecular weight excluding hydrogens is 350 g/mol. The third kappa shape index (κ3) is 3.65. The highest BCUT2D eigenvalue weighted by Crippen LogP contribution is 2.34. The molecule has 1 aliphatic heterocycles. The third-order valence-electron chi connectivity index (χ3n) is 5.62. The van der Waals surface area contributed by atoms with Crippen LogP contribution in [0.25, 0.3) is 10.8 Å². The van der Waals surface area contributed by atoms with Crippen molar-refractivity contribution in [2.75, 3.05) is 16.8 Å². The van der Waals surface area contributed by atoms with Gasteiger partial charge in [0.25, 0.3) is 5.69 Å². The number of nitrogens with one attached hydrogen (secondary N) is 1. The number of piperidine rings is 1. The largest absolute Gasteiger partial charge is 0.380 e. The summed E-state index contributed by atoms with van der Waals surface area (Å²) in [5.74, 6) is 0. The number of nitrogens with zero attached hydrogens (tertiary/aromatic N) is 2. The van der Waals surface area contributed by atoms with Crippen LogP contribution in [0, 0.1) is 10.1 Å². The molecule has 3 aromatic rings. The summed E-state index contributed by atoms with van der Waals surface area (Å²) in [5.41, 5.74) is 2.89. The maximum atomic E-state index is 11.7. The van der Waals surface area contributed by atoms with E-state index in [2.05, 4.69) is 35.3 Å². The van der Waals surface area contributed by atoms with E-state index < -0.39 is 0 Å². The van der Waals surface area contributed by atoms with Gasteiger partial charge >= 0.3 is 0 Å². The minimum atomic E-state index is -0.252. The fourth-order valence-corrected chi connectivity index (χ4v) is 4.10. The molecule has 3 aromatic carbocycles. The van der Waals surface area contributed by atoms with Gasteiger partial charge in [-0.05, 0) is 49.3 Å². The summed E-state index contributed by atoms with van der Waals surface area (Å²) in [6.45, 7) is 3.58. The zero-order valence-electron chi connectivity index (χ0n) is 16.1. The van der Waals surface area contributed by atoms with Gasteiger partial charge in [-0.2, -0.15) is 0 Å². The van der Waals surface area contributed by atoms with Crippen LogP contribution < -0.4 is 10.2 Å². The monoisotopic (exact) mass is 375 g/mol. The fraction of sp³-hybridized carbons (Fsp3) is 0.304. The van der Waals surface area contributed by atoms with Gasteiger partial charge in [-0.15, -0.1) is 0 Å². The van der Waals surface area contributed by atoms with Crippen molar-refractivity contribution >= 4 is 27.8 Å². The number of anilines is 2. The van der Waals surface area contributed by atoms with E-state index in [0.29, 0.717) is 12.6 Å². The quantitative estimate of drug-likeness (QED) is 0.456. The maximum absolute atomic E-state index is 11.7. The molecule has 28 heavy (non-hydrogen) atoms. The first-order valence-electron chi connectivity index (χ1n) is 9.89. The van der Waals surface area contributed by atoms with Gasteiger partial charge in [-0.25, -0.2) is 0 Å². The number of fused-ring (bicyclic) bond motifs is 1. The van der Waals surface area contributed by atoms with Crippen molar-refractivity contribution in [1.82, 2.24) is 0 Å². The smallest absolute Gasteiger partial charge is 0.292 e. The second-order valence-corrected chi connectivity index (χ2v) is 7.50. The van der Waals surface area contributed by atoms with Crippen LogP contribution in [0.15, 0.2) is 60.7 Å². The number of nitro benzene ring substituents is 1. The molecule has 0 saturated carbocycles. The first-order chi connectivity index (χ1) is 13.6. The predicted octanol–water partition coefficient (Wildman–Crippen LogP) is 5.74. The van der Waals surface area contributed by atoms with Crippen molar-refractivity contribution in [3.8, 4) is 0 Å². The number of rotatable bonds is 5. The molecule has 0 spiro atoms. The van der Waals surface area contributed by atoms with E-state index in [1.165, 1.54) is 11.8 Å². The zero-order chi connectivity index (χ0) is 19.5. The average molecular weight is 375 g/mol. The Morgan fingerprint density at radius 2 is 1.93 bits per heavy atom. The van der Waals surface area contributed by atoms with E-state index in [9.17, 15) is 10.1 Å². The van der Waals surface area contributed by atoms with Crippen molar-refractivity contribution in [3.63, 3.8) is 0 Å². The third-order valence-corrected chi connectivity index (χ3v) is 5.62. The minimum absolute atomic E-state index is 0.200. The lowest BCUT2D eigenvalue weighted by molar-refractivity contribution is -0.384. The molecule has 1 saturated heterocycles. The molecule has 0 aromatic heterocycles. The average Bonchev–Trinajstić information content (AvgIpc) is 2.72. The van der Waals surface area contributed by atoms with Gasteiger partial charge in [-0.1, -0.05) is 42.5 Å². The molecule has 1 unspecified atom stereocenters. The Kier molecular flexibility index (Phi) is 5.15. The summed E-state index contributed by atoms with van der Waals surface area (Å²) < 4.78 is 0. The summed E-state index contributed by atoms with van der Waals surface area (Å²) in [7, 11) is 0. The Morgan fingerprint density at radius 1 is 1.11 bits per heavy atom. The van der Waals surface area contributed by atoms with Gasteiger partial charge in [0.05, 0.1) is 4.92 Å². The lowest BCUT2D eigenvalue weighted by Crippen LogP contribution is -2.37. The van der Waals surface area contributed by atoms with Crippen molar-refractivity contribution in [1.29, 1.82) is 0 Å². The standard InChI is InChI=1S/C23H25N3O2/c1-17-7-4-5-14-25(17)22-13-12-18(15-23(22)26(27)28)16-24-21-11-6-9-19-8-2-3-10-20(19)21/h2-3,6,8-13,15,17,24H,4-5,7,14,16H2,1H3. The zero-order valence-corrected chi connectivity index (χ0v) is 16.1. The first kappa shape index (κ1) is 18.3. The van der Waals surface area contributed by atoms with E-state index in [1.54, 1.807) is 6.07 Å². The highest BCUT2D eigenvalue weighted by Gasteiger charge is 2.25. The van der Waals surface area contributed by atoms with Crippen molar-refractivity contribution in [2.24, 2.45) is 0 Å². The lowest BCUT2D eigenvalue weighted by Gasteiger charge is -2.35. The molecule has 0 radical (unpaired) electrons. The molecule has 0 aliphatic carbocycles. The summed E-state index contributed by atoms with van der Waals surface area (Å²) in [6.07, 6.45) is 3.37. The second kappa shape index (κ2) is 7.89. The normalized spacial score (nSPS) is 16.9. The summed E-state index contributed by atoms with van der Waals surface area (Å²) in [5, 5.41) is 17.5. The molecule has 4 rings (SSSR count). The number of hydrogen-bond donors (Lipinski definition) is 1. The lowest BCUT2D eigenvalue weighted by atomic mass is 10.0. The van der Waals surface area contributed by atoms with E-state index in [-0.39, 0.29) is 10.6 Å². The van der Waals surface area contributed by atoms with Gasteiger partial charge in [0, 0.05) is 36.3 Å². The van der Waals surface area contributed by atoms with Crippen molar-refractivity contribution in [2.45, 2.75) is 38.8 Å². The van der Waals surface area contributed by atoms with Crippen LogP contribution >= 0.6 is 0 Å². The minimum Gasteiger partial charge on any atom is -0.380 e. The van der Waals surface area contributed by atoms with Crippen LogP contribution in [-0.2, 0) is 6.54 Å². The van der Waals surface area contributed by atoms with Crippen LogP contribution in [-0.4, -0.2) is 17.5 Å². The molecule has 0 bridgehead atoms. The Labute approximate surface area is 165 Å². The first-order valence-corrected chi connectivity index (χ1v) is 9.89. The SMILES string of the molecule is CC1CCCCN1c1ccc(CNc2cccc3ccccc23)cc1[N+](=O)[O-]. The van der Waals surface area contributed by atoms with E-state index >= 15 is 0 Å². The molecule has 1 N–H and O–H groups in total. The van der Waals surface area contributed by atoms with Crippen LogP contribution in [0.1, 0.15) is 31.7 Å². The van der Waals surface area contributed by atoms with E-state index in [1.807, 2.05) is 36.4 Å². The summed E-state index contributed by atoms with van der Waals surface area (Å²) in [4.78, 5) is 13.7. The van der Waals surface area contributed by atoms with Crippen LogP contribution in [0.5, 0.6) is 0 Å². The summed E-state index contributed by atoms with van der Waals surface area (Å²) >= 11 is 0. The fourth-order valence-electron chi connectivity index (χ4n) is 4.10. The Hall–Kier alpha value is -3.08. The van der Waals surface area contributed by atoms with Gasteiger partial charge in [-0.3, -0.25) is 10.1 Å². The van der Waals surface area contributed by atoms with Gasteiger partial charge in [0.2, 0.25) is 0 Å². The van der Waals surface area contributed by atoms with Crippen LogP contribution in [0.3, 0.4) is 0 Å². The van der Waals surface area contributed by atoms with Crippen molar-refractivity contribution < 1.29 is 4.92 Å². The maximum Gasteiger partial charge on any atom is 0.292 e. The molecule has 144 valence electrons. The Morgan fingerprint density at radius 3 is 2.75 bits per heavy atom. The molecule has 0 amide bonds. The summed E-state index contributed by atoms with van der Waals surface area (Å²) in [6, 6.07) is 20.3.